The third-order valence-electron chi connectivity index (χ3n) is 3.82. The van der Waals surface area contributed by atoms with E-state index in [1.54, 1.807) is 4.90 Å². The molecule has 5 nitrogen and oxygen atoms in total. The van der Waals surface area contributed by atoms with Gasteiger partial charge in [-0.3, -0.25) is 4.79 Å². The Bertz CT molecular complexity index is 441. The van der Waals surface area contributed by atoms with Gasteiger partial charge in [0.15, 0.2) is 0 Å². The van der Waals surface area contributed by atoms with E-state index in [0.717, 1.165) is 12.0 Å². The number of rotatable bonds is 5. The fourth-order valence-corrected chi connectivity index (χ4v) is 2.61. The van der Waals surface area contributed by atoms with Gasteiger partial charge in [0.2, 0.25) is 5.91 Å². The summed E-state index contributed by atoms with van der Waals surface area (Å²) >= 11 is 0. The summed E-state index contributed by atoms with van der Waals surface area (Å²) in [6.45, 7) is 2.81. The van der Waals surface area contributed by atoms with Gasteiger partial charge in [-0.1, -0.05) is 30.3 Å². The van der Waals surface area contributed by atoms with Gasteiger partial charge in [0.1, 0.15) is 0 Å². The minimum atomic E-state index is -1.45. The maximum Gasteiger partial charge on any atom is 0.475 e. The summed E-state index contributed by atoms with van der Waals surface area (Å²) in [5.41, 5.74) is 1.13. The highest BCUT2D eigenvalue weighted by Crippen LogP contribution is 2.18. The average Bonchev–Trinajstić information content (AvgIpc) is 2.95. The van der Waals surface area contributed by atoms with E-state index in [1.165, 1.54) is 0 Å². The molecule has 1 aliphatic rings. The first kappa shape index (κ1) is 15.0. The van der Waals surface area contributed by atoms with Crippen molar-refractivity contribution in [2.24, 2.45) is 0 Å². The molecule has 3 N–H and O–H groups in total. The Morgan fingerprint density at radius 2 is 2.15 bits per heavy atom. The van der Waals surface area contributed by atoms with E-state index >= 15 is 0 Å². The Hall–Kier alpha value is -1.37. The fraction of sp³-hybridized carbons (Fsp3) is 0.500. The van der Waals surface area contributed by atoms with Crippen LogP contribution in [0.1, 0.15) is 31.4 Å². The second-order valence-corrected chi connectivity index (χ2v) is 5.22. The van der Waals surface area contributed by atoms with Crippen LogP contribution in [0.2, 0.25) is 0 Å². The largest absolute Gasteiger partial charge is 0.475 e. The van der Waals surface area contributed by atoms with Gasteiger partial charge < -0.3 is 20.3 Å². The summed E-state index contributed by atoms with van der Waals surface area (Å²) in [4.78, 5) is 13.7. The van der Waals surface area contributed by atoms with Gasteiger partial charge in [-0.2, -0.15) is 0 Å². The Morgan fingerprint density at radius 1 is 1.45 bits per heavy atom. The molecule has 6 heteroatoms. The number of nitrogens with zero attached hydrogens (tertiary/aromatic N) is 1. The molecule has 0 unspecified atom stereocenters. The van der Waals surface area contributed by atoms with Crippen molar-refractivity contribution in [2.75, 3.05) is 13.1 Å². The molecule has 0 aromatic heterocycles. The van der Waals surface area contributed by atoms with Crippen LogP contribution in [0.3, 0.4) is 0 Å². The molecular formula is C14H21BN2O3. The van der Waals surface area contributed by atoms with E-state index in [9.17, 15) is 14.8 Å². The van der Waals surface area contributed by atoms with Crippen LogP contribution in [-0.2, 0) is 4.79 Å². The molecule has 108 valence electrons. The van der Waals surface area contributed by atoms with Crippen molar-refractivity contribution < 1.29 is 14.8 Å². The lowest BCUT2D eigenvalue weighted by atomic mass is 9.78. The molecule has 20 heavy (non-hydrogen) atoms. The van der Waals surface area contributed by atoms with E-state index in [0.29, 0.717) is 13.0 Å². The molecule has 0 spiro atoms. The first-order valence-corrected chi connectivity index (χ1v) is 7.03. The van der Waals surface area contributed by atoms with Gasteiger partial charge in [0.25, 0.3) is 0 Å². The lowest BCUT2D eigenvalue weighted by Gasteiger charge is -2.25. The molecule has 0 radical (unpaired) electrons. The van der Waals surface area contributed by atoms with Crippen molar-refractivity contribution in [3.63, 3.8) is 0 Å². The second kappa shape index (κ2) is 6.88. The van der Waals surface area contributed by atoms with Crippen LogP contribution in [-0.4, -0.2) is 47.0 Å². The minimum Gasteiger partial charge on any atom is -0.426 e. The molecule has 1 amide bonds. The molecular weight excluding hydrogens is 255 g/mol. The van der Waals surface area contributed by atoms with Gasteiger partial charge in [-0.25, -0.2) is 0 Å². The van der Waals surface area contributed by atoms with Gasteiger partial charge in [-0.15, -0.1) is 0 Å². The van der Waals surface area contributed by atoms with Gasteiger partial charge in [0, 0.05) is 12.6 Å². The molecule has 0 bridgehead atoms. The summed E-state index contributed by atoms with van der Waals surface area (Å²) in [6, 6.07) is 10.00. The first-order valence-electron chi connectivity index (χ1n) is 7.03. The van der Waals surface area contributed by atoms with Gasteiger partial charge in [0.05, 0.1) is 12.5 Å². The van der Waals surface area contributed by atoms with E-state index < -0.39 is 13.1 Å². The van der Waals surface area contributed by atoms with E-state index in [2.05, 4.69) is 5.32 Å². The van der Waals surface area contributed by atoms with Crippen molar-refractivity contribution in [3.8, 4) is 0 Å². The number of amides is 1. The topological polar surface area (TPSA) is 72.8 Å². The molecule has 1 saturated heterocycles. The lowest BCUT2D eigenvalue weighted by molar-refractivity contribution is -0.130. The standard InChI is InChI=1S/C14H21BN2O3/c1-11(12-6-3-2-4-7-12)16-10-14(18)17-9-5-8-13(17)15(19)20/h2-4,6-7,11,13,16,19-20H,5,8-10H2,1H3/t11-,13-/m0/s1. The number of carbonyl (C=O) groups is 1. The smallest absolute Gasteiger partial charge is 0.426 e. The summed E-state index contributed by atoms with van der Waals surface area (Å²) in [5.74, 6) is -0.542. The quantitative estimate of drug-likeness (QED) is 0.678. The summed E-state index contributed by atoms with van der Waals surface area (Å²) in [6.07, 6.45) is 1.47. The van der Waals surface area contributed by atoms with Crippen LogP contribution in [0.5, 0.6) is 0 Å². The second-order valence-electron chi connectivity index (χ2n) is 5.22. The summed E-state index contributed by atoms with van der Waals surface area (Å²) < 4.78 is 0. The van der Waals surface area contributed by atoms with Crippen LogP contribution >= 0.6 is 0 Å². The Morgan fingerprint density at radius 3 is 2.80 bits per heavy atom. The monoisotopic (exact) mass is 276 g/mol. The molecule has 1 aromatic carbocycles. The Balaban J connectivity index is 1.86. The SMILES string of the molecule is C[C@H](NCC(=O)N1CCC[C@H]1B(O)O)c1ccccc1. The van der Waals surface area contributed by atoms with Crippen LogP contribution in [0.4, 0.5) is 0 Å². The third-order valence-corrected chi connectivity index (χ3v) is 3.82. The van der Waals surface area contributed by atoms with E-state index in [1.807, 2.05) is 37.3 Å². The highest BCUT2D eigenvalue weighted by atomic mass is 16.4. The predicted molar refractivity (Wildman–Crippen MR) is 77.8 cm³/mol. The zero-order valence-corrected chi connectivity index (χ0v) is 11.7. The predicted octanol–water partition coefficient (Wildman–Crippen LogP) is 0.340. The summed E-state index contributed by atoms with van der Waals surface area (Å²) in [7, 11) is -1.45. The van der Waals surface area contributed by atoms with Crippen molar-refractivity contribution in [1.29, 1.82) is 0 Å². The first-order chi connectivity index (χ1) is 9.59. The maximum absolute atomic E-state index is 12.1. The van der Waals surface area contributed by atoms with Crippen molar-refractivity contribution in [2.45, 2.75) is 31.7 Å². The Labute approximate surface area is 119 Å². The highest BCUT2D eigenvalue weighted by molar-refractivity contribution is 6.43. The number of hydrogen-bond acceptors (Lipinski definition) is 4. The fourth-order valence-electron chi connectivity index (χ4n) is 2.61. The molecule has 0 saturated carbocycles. The molecule has 1 heterocycles. The van der Waals surface area contributed by atoms with Gasteiger partial charge in [-0.05, 0) is 25.3 Å². The zero-order valence-electron chi connectivity index (χ0n) is 11.7. The normalized spacial score (nSPS) is 19.9. The molecule has 2 atom stereocenters. The zero-order chi connectivity index (χ0) is 14.5. The van der Waals surface area contributed by atoms with Crippen molar-refractivity contribution in [1.82, 2.24) is 10.2 Å². The number of hydrogen-bond donors (Lipinski definition) is 3. The van der Waals surface area contributed by atoms with Crippen molar-refractivity contribution >= 4 is 13.0 Å². The van der Waals surface area contributed by atoms with Crippen LogP contribution < -0.4 is 5.32 Å². The van der Waals surface area contributed by atoms with Crippen LogP contribution in [0, 0.1) is 0 Å². The molecule has 0 aliphatic carbocycles. The number of carbonyl (C=O) groups excluding carboxylic acids is 1. The van der Waals surface area contributed by atoms with E-state index in [-0.39, 0.29) is 18.5 Å². The molecule has 1 aromatic rings. The maximum atomic E-state index is 12.1. The lowest BCUT2D eigenvalue weighted by Crippen LogP contribution is -2.48. The third kappa shape index (κ3) is 3.59. The summed E-state index contributed by atoms with van der Waals surface area (Å²) in [5, 5.41) is 21.7. The molecule has 1 aliphatic heterocycles. The number of benzene rings is 1. The molecule has 1 fully saturated rings. The van der Waals surface area contributed by atoms with Crippen LogP contribution in [0.15, 0.2) is 30.3 Å². The van der Waals surface area contributed by atoms with Gasteiger partial charge >= 0.3 is 7.12 Å². The minimum absolute atomic E-state index is 0.0802. The average molecular weight is 276 g/mol. The number of nitrogens with one attached hydrogen (secondary N) is 1. The van der Waals surface area contributed by atoms with Crippen molar-refractivity contribution in [3.05, 3.63) is 35.9 Å². The van der Waals surface area contributed by atoms with Crippen LogP contribution in [0.25, 0.3) is 0 Å². The molecule has 2 rings (SSSR count). The number of likely N-dealkylation sites (tertiary alicyclic amines) is 1. The van der Waals surface area contributed by atoms with E-state index in [4.69, 9.17) is 0 Å². The Kier molecular flexibility index (Phi) is 5.17. The highest BCUT2D eigenvalue weighted by Gasteiger charge is 2.36.